The van der Waals surface area contributed by atoms with Crippen molar-refractivity contribution in [2.45, 2.75) is 50.5 Å². The van der Waals surface area contributed by atoms with Crippen LogP contribution in [0.1, 0.15) is 61.6 Å². The van der Waals surface area contributed by atoms with Crippen LogP contribution < -0.4 is 11.3 Å². The highest BCUT2D eigenvalue weighted by molar-refractivity contribution is 5.34. The molecule has 3 N–H and O–H groups in total. The van der Waals surface area contributed by atoms with Crippen molar-refractivity contribution in [1.29, 1.82) is 0 Å². The van der Waals surface area contributed by atoms with Crippen LogP contribution >= 0.6 is 0 Å². The molecule has 0 bridgehead atoms. The molecule has 0 saturated heterocycles. The summed E-state index contributed by atoms with van der Waals surface area (Å²) in [4.78, 5) is 0. The topological polar surface area (TPSA) is 38.0 Å². The van der Waals surface area contributed by atoms with Crippen molar-refractivity contribution < 1.29 is 0 Å². The van der Waals surface area contributed by atoms with E-state index in [2.05, 4.69) is 29.7 Å². The molecular weight excluding hydrogens is 208 g/mol. The fraction of sp³-hybridized carbons (Fsp3) is 0.600. The van der Waals surface area contributed by atoms with E-state index in [1.54, 1.807) is 5.56 Å². The molecule has 0 amide bonds. The first-order chi connectivity index (χ1) is 8.40. The Labute approximate surface area is 104 Å². The second-order valence-electron chi connectivity index (χ2n) is 5.59. The average molecular weight is 230 g/mol. The number of nitrogens with one attached hydrogen (secondary N) is 1. The molecule has 2 saturated carbocycles. The van der Waals surface area contributed by atoms with Gasteiger partial charge >= 0.3 is 0 Å². The van der Waals surface area contributed by atoms with Crippen LogP contribution in [0.2, 0.25) is 0 Å². The Morgan fingerprint density at radius 3 is 2.29 bits per heavy atom. The van der Waals surface area contributed by atoms with E-state index in [9.17, 15) is 0 Å². The summed E-state index contributed by atoms with van der Waals surface area (Å²) < 4.78 is 0. The third-order valence-electron chi connectivity index (χ3n) is 4.68. The number of hydrogen-bond donors (Lipinski definition) is 2. The van der Waals surface area contributed by atoms with Gasteiger partial charge in [0, 0.05) is 6.04 Å². The van der Waals surface area contributed by atoms with E-state index in [0.29, 0.717) is 6.04 Å². The van der Waals surface area contributed by atoms with Crippen molar-refractivity contribution >= 4 is 0 Å². The normalized spacial score (nSPS) is 22.9. The van der Waals surface area contributed by atoms with Crippen LogP contribution in [-0.2, 0) is 0 Å². The molecule has 17 heavy (non-hydrogen) atoms. The second kappa shape index (κ2) is 4.79. The fourth-order valence-corrected chi connectivity index (χ4v) is 3.14. The zero-order chi connectivity index (χ0) is 11.7. The van der Waals surface area contributed by atoms with Gasteiger partial charge < -0.3 is 0 Å². The molecule has 0 heterocycles. The van der Waals surface area contributed by atoms with Crippen molar-refractivity contribution in [2.75, 3.05) is 0 Å². The molecule has 1 unspecified atom stereocenters. The number of hydrazine groups is 1. The Hall–Kier alpha value is -0.860. The highest BCUT2D eigenvalue weighted by atomic mass is 15.2. The third-order valence-corrected chi connectivity index (χ3v) is 4.68. The monoisotopic (exact) mass is 230 g/mol. The number of hydrogen-bond acceptors (Lipinski definition) is 2. The number of rotatable bonds is 4. The Morgan fingerprint density at radius 1 is 1.06 bits per heavy atom. The maximum absolute atomic E-state index is 5.79. The summed E-state index contributed by atoms with van der Waals surface area (Å²) in [6.07, 6.45) is 8.14. The van der Waals surface area contributed by atoms with E-state index in [4.69, 9.17) is 5.84 Å². The van der Waals surface area contributed by atoms with Gasteiger partial charge in [0.05, 0.1) is 0 Å². The van der Waals surface area contributed by atoms with Gasteiger partial charge in [-0.3, -0.25) is 11.3 Å². The lowest BCUT2D eigenvalue weighted by molar-refractivity contribution is 0.230. The maximum Gasteiger partial charge on any atom is 0.0490 e. The Kier molecular flexibility index (Phi) is 3.17. The molecule has 0 radical (unpaired) electrons. The summed E-state index contributed by atoms with van der Waals surface area (Å²) in [5.41, 5.74) is 6.08. The zero-order valence-electron chi connectivity index (χ0n) is 10.4. The van der Waals surface area contributed by atoms with Gasteiger partial charge in [-0.05, 0) is 48.6 Å². The Bertz CT molecular complexity index is 380. The maximum atomic E-state index is 5.79. The minimum Gasteiger partial charge on any atom is -0.271 e. The van der Waals surface area contributed by atoms with Crippen LogP contribution in [0.3, 0.4) is 0 Å². The van der Waals surface area contributed by atoms with Gasteiger partial charge in [-0.1, -0.05) is 37.1 Å². The summed E-state index contributed by atoms with van der Waals surface area (Å²) in [5.74, 6) is 7.34. The molecule has 1 aromatic rings. The van der Waals surface area contributed by atoms with Gasteiger partial charge in [0.25, 0.3) is 0 Å². The van der Waals surface area contributed by atoms with Gasteiger partial charge in [0.15, 0.2) is 0 Å². The quantitative estimate of drug-likeness (QED) is 0.615. The molecule has 3 rings (SSSR count). The van der Waals surface area contributed by atoms with Crippen molar-refractivity contribution in [3.8, 4) is 0 Å². The fourth-order valence-electron chi connectivity index (χ4n) is 3.14. The first-order valence-electron chi connectivity index (χ1n) is 6.95. The first-order valence-corrected chi connectivity index (χ1v) is 6.95. The minimum absolute atomic E-state index is 0.376. The lowest BCUT2D eigenvalue weighted by Gasteiger charge is -2.37. The summed E-state index contributed by atoms with van der Waals surface area (Å²) in [5, 5.41) is 0. The molecule has 1 aromatic carbocycles. The lowest BCUT2D eigenvalue weighted by Crippen LogP contribution is -2.37. The zero-order valence-corrected chi connectivity index (χ0v) is 10.4. The minimum atomic E-state index is 0.376. The van der Waals surface area contributed by atoms with Gasteiger partial charge in [-0.25, -0.2) is 0 Å². The number of nitrogens with two attached hydrogens (primary N) is 1. The van der Waals surface area contributed by atoms with Crippen LogP contribution in [0.4, 0.5) is 0 Å². The molecule has 0 aliphatic heterocycles. The summed E-state index contributed by atoms with van der Waals surface area (Å²) in [6, 6.07) is 9.28. The lowest BCUT2D eigenvalue weighted by atomic mass is 9.72. The second-order valence-corrected chi connectivity index (χ2v) is 5.59. The average Bonchev–Trinajstić information content (AvgIpc) is 2.22. The highest BCUT2D eigenvalue weighted by Gasteiger charge is 2.31. The molecular formula is C15H22N2. The molecule has 0 aromatic heterocycles. The smallest absolute Gasteiger partial charge is 0.0490 e. The molecule has 92 valence electrons. The molecule has 2 nitrogen and oxygen atoms in total. The van der Waals surface area contributed by atoms with Crippen molar-refractivity contribution in [1.82, 2.24) is 5.43 Å². The van der Waals surface area contributed by atoms with E-state index in [0.717, 1.165) is 11.8 Å². The van der Waals surface area contributed by atoms with Crippen LogP contribution in [0.5, 0.6) is 0 Å². The van der Waals surface area contributed by atoms with Crippen LogP contribution in [0.15, 0.2) is 24.3 Å². The third kappa shape index (κ3) is 2.00. The van der Waals surface area contributed by atoms with Gasteiger partial charge in [0.2, 0.25) is 0 Å². The summed E-state index contributed by atoms with van der Waals surface area (Å²) in [7, 11) is 0. The molecule has 2 fully saturated rings. The van der Waals surface area contributed by atoms with E-state index >= 15 is 0 Å². The van der Waals surface area contributed by atoms with Crippen LogP contribution in [-0.4, -0.2) is 0 Å². The molecule has 1 atom stereocenters. The molecule has 0 spiro atoms. The predicted molar refractivity (Wildman–Crippen MR) is 70.4 cm³/mol. The summed E-state index contributed by atoms with van der Waals surface area (Å²) >= 11 is 0. The van der Waals surface area contributed by atoms with E-state index in [-0.39, 0.29) is 0 Å². The summed E-state index contributed by atoms with van der Waals surface area (Å²) in [6.45, 7) is 0. The Balaban J connectivity index is 1.88. The van der Waals surface area contributed by atoms with Crippen molar-refractivity contribution in [3.63, 3.8) is 0 Å². The highest BCUT2D eigenvalue weighted by Crippen LogP contribution is 2.43. The van der Waals surface area contributed by atoms with Crippen molar-refractivity contribution in [2.24, 2.45) is 11.8 Å². The van der Waals surface area contributed by atoms with Crippen molar-refractivity contribution in [3.05, 3.63) is 35.4 Å². The predicted octanol–water partition coefficient (Wildman–Crippen LogP) is 3.26. The van der Waals surface area contributed by atoms with Gasteiger partial charge in [-0.2, -0.15) is 0 Å². The van der Waals surface area contributed by atoms with Crippen LogP contribution in [0, 0.1) is 5.92 Å². The SMILES string of the molecule is NNC(c1ccccc1C1CCC1)C1CCC1. The Morgan fingerprint density at radius 2 is 1.76 bits per heavy atom. The molecule has 2 heteroatoms. The van der Waals surface area contributed by atoms with Gasteiger partial charge in [0.1, 0.15) is 0 Å². The van der Waals surface area contributed by atoms with E-state index in [1.807, 2.05) is 0 Å². The van der Waals surface area contributed by atoms with E-state index < -0.39 is 0 Å². The largest absolute Gasteiger partial charge is 0.271 e. The van der Waals surface area contributed by atoms with E-state index in [1.165, 1.54) is 44.1 Å². The number of benzene rings is 1. The standard InChI is InChI=1S/C15H22N2/c16-17-15(12-7-4-8-12)14-10-2-1-9-13(14)11-5-3-6-11/h1-2,9-12,15,17H,3-8,16H2. The molecule has 2 aliphatic rings. The first kappa shape index (κ1) is 11.2. The van der Waals surface area contributed by atoms with Gasteiger partial charge in [-0.15, -0.1) is 0 Å². The molecule has 2 aliphatic carbocycles. The van der Waals surface area contributed by atoms with Crippen LogP contribution in [0.25, 0.3) is 0 Å².